The fraction of sp³-hybridized carbons (Fsp3) is 0.688. The zero-order valence-corrected chi connectivity index (χ0v) is 13.4. The Balaban J connectivity index is 1.68. The third-order valence-electron chi connectivity index (χ3n) is 4.36. The van der Waals surface area contributed by atoms with Gasteiger partial charge in [-0.3, -0.25) is 4.79 Å². The Morgan fingerprint density at radius 2 is 1.82 bits per heavy atom. The normalized spacial score (nSPS) is 26.1. The van der Waals surface area contributed by atoms with Crippen LogP contribution in [0.15, 0.2) is 12.1 Å². The summed E-state index contributed by atoms with van der Waals surface area (Å²) in [5, 5.41) is 8.38. The van der Waals surface area contributed by atoms with E-state index < -0.39 is 0 Å². The topological polar surface area (TPSA) is 58.6 Å². The lowest BCUT2D eigenvalue weighted by molar-refractivity contribution is 0.0616. The fourth-order valence-electron chi connectivity index (χ4n) is 3.39. The largest absolute Gasteiger partial charge is 0.378 e. The molecule has 1 aromatic heterocycles. The van der Waals surface area contributed by atoms with Gasteiger partial charge in [0.2, 0.25) is 0 Å². The Hall–Kier alpha value is -1.69. The van der Waals surface area contributed by atoms with E-state index in [-0.39, 0.29) is 5.91 Å². The lowest BCUT2D eigenvalue weighted by Crippen LogP contribution is -2.43. The number of anilines is 1. The van der Waals surface area contributed by atoms with Gasteiger partial charge in [0.25, 0.3) is 5.91 Å². The van der Waals surface area contributed by atoms with Crippen LogP contribution in [0.2, 0.25) is 0 Å². The SMILES string of the molecule is CC1CC(C)CN(C(=O)c2ccc(N3CCOCC3)nn2)C1. The summed E-state index contributed by atoms with van der Waals surface area (Å²) in [7, 11) is 0. The number of rotatable bonds is 2. The van der Waals surface area contributed by atoms with Crippen LogP contribution in [0.3, 0.4) is 0 Å². The monoisotopic (exact) mass is 304 g/mol. The molecule has 0 radical (unpaired) electrons. The van der Waals surface area contributed by atoms with E-state index in [2.05, 4.69) is 28.9 Å². The Bertz CT molecular complexity index is 503. The second-order valence-electron chi connectivity index (χ2n) is 6.53. The molecule has 3 rings (SSSR count). The summed E-state index contributed by atoms with van der Waals surface area (Å²) in [4.78, 5) is 16.6. The molecule has 6 heteroatoms. The molecule has 2 atom stereocenters. The molecular formula is C16H24N4O2. The van der Waals surface area contributed by atoms with Gasteiger partial charge in [-0.15, -0.1) is 10.2 Å². The van der Waals surface area contributed by atoms with Gasteiger partial charge in [-0.25, -0.2) is 0 Å². The molecule has 120 valence electrons. The number of morpholine rings is 1. The van der Waals surface area contributed by atoms with Crippen molar-refractivity contribution >= 4 is 11.7 Å². The zero-order valence-electron chi connectivity index (χ0n) is 13.4. The van der Waals surface area contributed by atoms with Crippen molar-refractivity contribution in [3.63, 3.8) is 0 Å². The van der Waals surface area contributed by atoms with Crippen molar-refractivity contribution in [3.8, 4) is 0 Å². The minimum atomic E-state index is -0.000530. The van der Waals surface area contributed by atoms with Crippen LogP contribution in [-0.2, 0) is 4.74 Å². The summed E-state index contributed by atoms with van der Waals surface area (Å²) in [6.45, 7) is 9.10. The summed E-state index contributed by atoms with van der Waals surface area (Å²) in [5.41, 5.74) is 0.443. The predicted molar refractivity (Wildman–Crippen MR) is 83.9 cm³/mol. The molecule has 0 saturated carbocycles. The van der Waals surface area contributed by atoms with Crippen molar-refractivity contribution in [1.82, 2.24) is 15.1 Å². The number of aromatic nitrogens is 2. The third kappa shape index (κ3) is 3.38. The molecule has 2 unspecified atom stereocenters. The smallest absolute Gasteiger partial charge is 0.274 e. The first-order valence-corrected chi connectivity index (χ1v) is 8.09. The number of amides is 1. The molecular weight excluding hydrogens is 280 g/mol. The first-order chi connectivity index (χ1) is 10.6. The van der Waals surface area contributed by atoms with Crippen LogP contribution in [0.4, 0.5) is 5.82 Å². The minimum Gasteiger partial charge on any atom is -0.378 e. The molecule has 2 saturated heterocycles. The lowest BCUT2D eigenvalue weighted by Gasteiger charge is -2.34. The Kier molecular flexibility index (Phi) is 4.57. The summed E-state index contributed by atoms with van der Waals surface area (Å²) in [6.07, 6.45) is 1.19. The highest BCUT2D eigenvalue weighted by atomic mass is 16.5. The summed E-state index contributed by atoms with van der Waals surface area (Å²) < 4.78 is 5.33. The van der Waals surface area contributed by atoms with Gasteiger partial charge in [-0.05, 0) is 30.4 Å². The van der Waals surface area contributed by atoms with E-state index in [1.807, 2.05) is 11.0 Å². The third-order valence-corrected chi connectivity index (χ3v) is 4.36. The molecule has 2 aliphatic rings. The van der Waals surface area contributed by atoms with Crippen molar-refractivity contribution in [3.05, 3.63) is 17.8 Å². The maximum Gasteiger partial charge on any atom is 0.274 e. The van der Waals surface area contributed by atoms with E-state index in [1.54, 1.807) is 6.07 Å². The number of likely N-dealkylation sites (tertiary alicyclic amines) is 1. The Labute approximate surface area is 131 Å². The Morgan fingerprint density at radius 1 is 1.14 bits per heavy atom. The van der Waals surface area contributed by atoms with Crippen molar-refractivity contribution < 1.29 is 9.53 Å². The zero-order chi connectivity index (χ0) is 15.5. The summed E-state index contributed by atoms with van der Waals surface area (Å²) in [6, 6.07) is 3.69. The van der Waals surface area contributed by atoms with Gasteiger partial charge in [0.1, 0.15) is 0 Å². The standard InChI is InChI=1S/C16H24N4O2/c1-12-9-13(2)11-20(10-12)16(21)14-3-4-15(18-17-14)19-5-7-22-8-6-19/h3-4,12-13H,5-11H2,1-2H3. The van der Waals surface area contributed by atoms with Crippen molar-refractivity contribution in [1.29, 1.82) is 0 Å². The number of piperidine rings is 1. The quantitative estimate of drug-likeness (QED) is 0.827. The number of nitrogens with zero attached hydrogens (tertiary/aromatic N) is 4. The molecule has 2 aliphatic heterocycles. The van der Waals surface area contributed by atoms with Gasteiger partial charge >= 0.3 is 0 Å². The van der Waals surface area contributed by atoms with Crippen LogP contribution in [0, 0.1) is 11.8 Å². The number of hydrogen-bond acceptors (Lipinski definition) is 5. The van der Waals surface area contributed by atoms with Gasteiger partial charge in [0, 0.05) is 26.2 Å². The van der Waals surface area contributed by atoms with Gasteiger partial charge in [-0.2, -0.15) is 0 Å². The van der Waals surface area contributed by atoms with E-state index in [1.165, 1.54) is 6.42 Å². The highest BCUT2D eigenvalue weighted by Gasteiger charge is 2.27. The maximum absolute atomic E-state index is 12.6. The highest BCUT2D eigenvalue weighted by molar-refractivity contribution is 5.92. The van der Waals surface area contributed by atoms with Crippen LogP contribution in [0.5, 0.6) is 0 Å². The second-order valence-corrected chi connectivity index (χ2v) is 6.53. The molecule has 22 heavy (non-hydrogen) atoms. The average Bonchev–Trinajstić information content (AvgIpc) is 2.54. The van der Waals surface area contributed by atoms with Gasteiger partial charge < -0.3 is 14.5 Å². The fourth-order valence-corrected chi connectivity index (χ4v) is 3.39. The van der Waals surface area contributed by atoms with Gasteiger partial charge in [0.15, 0.2) is 11.5 Å². The molecule has 1 amide bonds. The number of hydrogen-bond donors (Lipinski definition) is 0. The van der Waals surface area contributed by atoms with Crippen LogP contribution in [0.25, 0.3) is 0 Å². The van der Waals surface area contributed by atoms with Crippen molar-refractivity contribution in [2.75, 3.05) is 44.3 Å². The summed E-state index contributed by atoms with van der Waals surface area (Å²) >= 11 is 0. The van der Waals surface area contributed by atoms with E-state index in [0.29, 0.717) is 30.7 Å². The number of carbonyl (C=O) groups is 1. The summed E-state index contributed by atoms with van der Waals surface area (Å²) in [5.74, 6) is 1.92. The number of carbonyl (C=O) groups excluding carboxylic acids is 1. The average molecular weight is 304 g/mol. The minimum absolute atomic E-state index is 0.000530. The lowest BCUT2D eigenvalue weighted by atomic mass is 9.92. The van der Waals surface area contributed by atoms with Crippen LogP contribution in [0.1, 0.15) is 30.8 Å². The molecule has 1 aromatic rings. The van der Waals surface area contributed by atoms with Crippen LogP contribution < -0.4 is 4.90 Å². The predicted octanol–water partition coefficient (Wildman–Crippen LogP) is 1.43. The Morgan fingerprint density at radius 3 is 2.41 bits per heavy atom. The van der Waals surface area contributed by atoms with Crippen LogP contribution in [-0.4, -0.2) is 60.4 Å². The molecule has 6 nitrogen and oxygen atoms in total. The van der Waals surface area contributed by atoms with Crippen LogP contribution >= 0.6 is 0 Å². The van der Waals surface area contributed by atoms with Crippen molar-refractivity contribution in [2.24, 2.45) is 11.8 Å². The first-order valence-electron chi connectivity index (χ1n) is 8.09. The van der Waals surface area contributed by atoms with Gasteiger partial charge in [0.05, 0.1) is 13.2 Å². The van der Waals surface area contributed by atoms with Gasteiger partial charge in [-0.1, -0.05) is 13.8 Å². The second kappa shape index (κ2) is 6.60. The number of ether oxygens (including phenoxy) is 1. The maximum atomic E-state index is 12.6. The first kappa shape index (κ1) is 15.2. The molecule has 0 aliphatic carbocycles. The molecule has 0 N–H and O–H groups in total. The highest BCUT2D eigenvalue weighted by Crippen LogP contribution is 2.22. The van der Waals surface area contributed by atoms with E-state index >= 15 is 0 Å². The van der Waals surface area contributed by atoms with E-state index in [0.717, 1.165) is 32.0 Å². The molecule has 0 aromatic carbocycles. The van der Waals surface area contributed by atoms with Crippen molar-refractivity contribution in [2.45, 2.75) is 20.3 Å². The van der Waals surface area contributed by atoms with E-state index in [9.17, 15) is 4.79 Å². The molecule has 2 fully saturated rings. The molecule has 0 bridgehead atoms. The molecule has 3 heterocycles. The molecule has 0 spiro atoms. The van der Waals surface area contributed by atoms with E-state index in [4.69, 9.17) is 4.74 Å².